The summed E-state index contributed by atoms with van der Waals surface area (Å²) in [6.07, 6.45) is 1.82. The van der Waals surface area contributed by atoms with E-state index < -0.39 is 0 Å². The minimum Gasteiger partial charge on any atom is -0.458 e. The first kappa shape index (κ1) is 17.0. The fourth-order valence-corrected chi connectivity index (χ4v) is 3.68. The van der Waals surface area contributed by atoms with Crippen LogP contribution in [-0.4, -0.2) is 34.0 Å². The third kappa shape index (κ3) is 3.31. The molecule has 1 saturated heterocycles. The number of halogens is 1. The quantitative estimate of drug-likeness (QED) is 0.632. The zero-order chi connectivity index (χ0) is 18.1. The smallest absolute Gasteiger partial charge is 0.255 e. The summed E-state index contributed by atoms with van der Waals surface area (Å²) in [7, 11) is 0. The molecular formula is C19H18BrN3O3. The number of piperidine rings is 1. The molecule has 1 aliphatic heterocycles. The van der Waals surface area contributed by atoms with Gasteiger partial charge in [-0.05, 0) is 60.0 Å². The van der Waals surface area contributed by atoms with Crippen molar-refractivity contribution in [2.45, 2.75) is 25.7 Å². The molecule has 7 heteroatoms. The number of likely N-dealkylation sites (tertiary alicyclic amines) is 1. The van der Waals surface area contributed by atoms with Gasteiger partial charge in [0, 0.05) is 17.6 Å². The molecule has 1 atom stereocenters. The molecule has 4 rings (SSSR count). The molecule has 3 aromatic rings. The predicted molar refractivity (Wildman–Crippen MR) is 98.8 cm³/mol. The Kier molecular flexibility index (Phi) is 4.63. The van der Waals surface area contributed by atoms with Crippen molar-refractivity contribution >= 4 is 21.8 Å². The van der Waals surface area contributed by atoms with Gasteiger partial charge in [-0.15, -0.1) is 0 Å². The third-order valence-electron chi connectivity index (χ3n) is 4.56. The van der Waals surface area contributed by atoms with Crippen molar-refractivity contribution in [2.75, 3.05) is 13.1 Å². The molecule has 0 aliphatic carbocycles. The number of aromatic nitrogens is 2. The van der Waals surface area contributed by atoms with Crippen LogP contribution in [0.1, 0.15) is 40.8 Å². The molecule has 1 aromatic carbocycles. The molecule has 1 aliphatic rings. The number of aryl methyl sites for hydroxylation is 1. The van der Waals surface area contributed by atoms with Crippen LogP contribution in [0.25, 0.3) is 11.6 Å². The lowest BCUT2D eigenvalue weighted by atomic mass is 9.97. The van der Waals surface area contributed by atoms with Crippen LogP contribution >= 0.6 is 15.9 Å². The molecule has 3 heterocycles. The minimum atomic E-state index is 0.0172. The van der Waals surface area contributed by atoms with Crippen molar-refractivity contribution in [3.63, 3.8) is 0 Å². The first-order valence-electron chi connectivity index (χ1n) is 8.56. The van der Waals surface area contributed by atoms with Gasteiger partial charge in [0.2, 0.25) is 11.7 Å². The van der Waals surface area contributed by atoms with Gasteiger partial charge in [0.15, 0.2) is 5.76 Å². The summed E-state index contributed by atoms with van der Waals surface area (Å²) in [5, 5.41) is 4.03. The Labute approximate surface area is 159 Å². The van der Waals surface area contributed by atoms with Crippen LogP contribution in [0.4, 0.5) is 0 Å². The summed E-state index contributed by atoms with van der Waals surface area (Å²) < 4.78 is 11.8. The molecule has 6 nitrogen and oxygen atoms in total. The van der Waals surface area contributed by atoms with Crippen molar-refractivity contribution in [2.24, 2.45) is 0 Å². The number of hydrogen-bond donors (Lipinski definition) is 0. The maximum atomic E-state index is 12.8. The monoisotopic (exact) mass is 415 g/mol. The van der Waals surface area contributed by atoms with Gasteiger partial charge in [-0.25, -0.2) is 0 Å². The Morgan fingerprint density at radius 2 is 2.12 bits per heavy atom. The first-order chi connectivity index (χ1) is 12.6. The van der Waals surface area contributed by atoms with E-state index in [4.69, 9.17) is 8.94 Å². The standard InChI is InChI=1S/C19H18BrN3O3/c1-12-8-9-16(25-12)17-21-18(26-22-17)13-5-4-10-23(11-13)19(24)14-6-2-3-7-15(14)20/h2-3,6-9,13H,4-5,10-11H2,1H3/t13-/m1/s1. The summed E-state index contributed by atoms with van der Waals surface area (Å²) in [6.45, 7) is 3.17. The van der Waals surface area contributed by atoms with Crippen molar-refractivity contribution in [3.8, 4) is 11.6 Å². The highest BCUT2D eigenvalue weighted by Crippen LogP contribution is 2.29. The Morgan fingerprint density at radius 1 is 1.27 bits per heavy atom. The molecule has 0 saturated carbocycles. The molecule has 0 N–H and O–H groups in total. The van der Waals surface area contributed by atoms with Gasteiger partial charge < -0.3 is 13.8 Å². The lowest BCUT2D eigenvalue weighted by molar-refractivity contribution is 0.0694. The van der Waals surface area contributed by atoms with Gasteiger partial charge in [0.25, 0.3) is 5.91 Å². The van der Waals surface area contributed by atoms with E-state index >= 15 is 0 Å². The number of rotatable bonds is 3. The highest BCUT2D eigenvalue weighted by atomic mass is 79.9. The van der Waals surface area contributed by atoms with Crippen molar-refractivity contribution in [1.82, 2.24) is 15.0 Å². The van der Waals surface area contributed by atoms with Gasteiger partial charge in [-0.3, -0.25) is 4.79 Å². The Balaban J connectivity index is 1.51. The highest BCUT2D eigenvalue weighted by Gasteiger charge is 2.30. The SMILES string of the molecule is Cc1ccc(-c2noc([C@@H]3CCCN(C(=O)c4ccccc4Br)C3)n2)o1. The first-order valence-corrected chi connectivity index (χ1v) is 9.35. The van der Waals surface area contributed by atoms with E-state index in [1.54, 1.807) is 0 Å². The van der Waals surface area contributed by atoms with E-state index in [1.807, 2.05) is 48.2 Å². The number of amides is 1. The average molecular weight is 416 g/mol. The van der Waals surface area contributed by atoms with E-state index in [-0.39, 0.29) is 11.8 Å². The molecule has 0 bridgehead atoms. The molecule has 0 radical (unpaired) electrons. The zero-order valence-electron chi connectivity index (χ0n) is 14.3. The molecule has 1 fully saturated rings. The molecule has 2 aromatic heterocycles. The van der Waals surface area contributed by atoms with E-state index in [9.17, 15) is 4.79 Å². The van der Waals surface area contributed by atoms with Gasteiger partial charge in [-0.1, -0.05) is 17.3 Å². The second kappa shape index (κ2) is 7.07. The van der Waals surface area contributed by atoms with E-state index in [2.05, 4.69) is 26.1 Å². The maximum absolute atomic E-state index is 12.8. The summed E-state index contributed by atoms with van der Waals surface area (Å²) in [4.78, 5) is 19.2. The molecule has 1 amide bonds. The van der Waals surface area contributed by atoms with E-state index in [1.165, 1.54) is 0 Å². The largest absolute Gasteiger partial charge is 0.458 e. The number of nitrogens with zero attached hydrogens (tertiary/aromatic N) is 3. The van der Waals surface area contributed by atoms with Crippen LogP contribution in [-0.2, 0) is 0 Å². The summed E-state index contributed by atoms with van der Waals surface area (Å²) >= 11 is 3.46. The van der Waals surface area contributed by atoms with Crippen molar-refractivity contribution in [1.29, 1.82) is 0 Å². The number of benzene rings is 1. The van der Waals surface area contributed by atoms with Gasteiger partial charge in [0.1, 0.15) is 5.76 Å². The van der Waals surface area contributed by atoms with Crippen molar-refractivity contribution in [3.05, 3.63) is 58.1 Å². The van der Waals surface area contributed by atoms with Crippen LogP contribution in [0, 0.1) is 6.92 Å². The van der Waals surface area contributed by atoms with Crippen LogP contribution < -0.4 is 0 Å². The molecule has 0 unspecified atom stereocenters. The Morgan fingerprint density at radius 3 is 2.88 bits per heavy atom. The second-order valence-electron chi connectivity index (χ2n) is 6.44. The second-order valence-corrected chi connectivity index (χ2v) is 7.29. The lowest BCUT2D eigenvalue weighted by Gasteiger charge is -2.31. The average Bonchev–Trinajstić information content (AvgIpc) is 3.31. The normalized spacial score (nSPS) is 17.5. The fraction of sp³-hybridized carbons (Fsp3) is 0.316. The van der Waals surface area contributed by atoms with Gasteiger partial charge in [0.05, 0.1) is 11.5 Å². The third-order valence-corrected chi connectivity index (χ3v) is 5.26. The lowest BCUT2D eigenvalue weighted by Crippen LogP contribution is -2.39. The minimum absolute atomic E-state index is 0.0172. The number of carbonyl (C=O) groups excluding carboxylic acids is 1. The van der Waals surface area contributed by atoms with E-state index in [0.717, 1.165) is 29.6 Å². The van der Waals surface area contributed by atoms with Crippen LogP contribution in [0.2, 0.25) is 0 Å². The highest BCUT2D eigenvalue weighted by molar-refractivity contribution is 9.10. The molecule has 134 valence electrons. The summed E-state index contributed by atoms with van der Waals surface area (Å²) in [5.41, 5.74) is 0.672. The van der Waals surface area contributed by atoms with Crippen LogP contribution in [0.5, 0.6) is 0 Å². The van der Waals surface area contributed by atoms with Crippen LogP contribution in [0.3, 0.4) is 0 Å². The zero-order valence-corrected chi connectivity index (χ0v) is 15.9. The number of carbonyl (C=O) groups is 1. The van der Waals surface area contributed by atoms with E-state index in [0.29, 0.717) is 29.6 Å². The van der Waals surface area contributed by atoms with Crippen molar-refractivity contribution < 1.29 is 13.7 Å². The Hall–Kier alpha value is -2.41. The molecular weight excluding hydrogens is 398 g/mol. The van der Waals surface area contributed by atoms with Crippen LogP contribution in [0.15, 0.2) is 49.8 Å². The summed E-state index contributed by atoms with van der Waals surface area (Å²) in [6, 6.07) is 11.2. The molecule has 0 spiro atoms. The fourth-order valence-electron chi connectivity index (χ4n) is 3.22. The Bertz CT molecular complexity index is 934. The predicted octanol–water partition coefficient (Wildman–Crippen LogP) is 4.42. The number of hydrogen-bond acceptors (Lipinski definition) is 5. The van der Waals surface area contributed by atoms with Gasteiger partial charge in [-0.2, -0.15) is 4.98 Å². The number of furan rings is 1. The maximum Gasteiger partial charge on any atom is 0.255 e. The van der Waals surface area contributed by atoms with Gasteiger partial charge >= 0.3 is 0 Å². The topological polar surface area (TPSA) is 72.4 Å². The molecule has 26 heavy (non-hydrogen) atoms. The summed E-state index contributed by atoms with van der Waals surface area (Å²) in [5.74, 6) is 2.45.